The standard InChI is InChI=1S/C10H25N2/c1-6-7-9-12(4,5)10-8-11(2)3/h6-10H2,1-5H3/q+1/p+1. The molecule has 0 aromatic heterocycles. The lowest BCUT2D eigenvalue weighted by Crippen LogP contribution is -3.06. The van der Waals surface area contributed by atoms with E-state index in [1.54, 1.807) is 4.90 Å². The molecule has 0 unspecified atom stereocenters. The van der Waals surface area contributed by atoms with Gasteiger partial charge >= 0.3 is 0 Å². The van der Waals surface area contributed by atoms with Gasteiger partial charge in [0.05, 0.1) is 34.7 Å². The third-order valence-electron chi connectivity index (χ3n) is 2.33. The summed E-state index contributed by atoms with van der Waals surface area (Å²) in [5.41, 5.74) is 0. The maximum atomic E-state index is 2.33. The van der Waals surface area contributed by atoms with Crippen molar-refractivity contribution in [3.8, 4) is 0 Å². The predicted octanol–water partition coefficient (Wildman–Crippen LogP) is 0.00740. The summed E-state index contributed by atoms with van der Waals surface area (Å²) in [7, 11) is 9.11. The number of hydrogen-bond donors (Lipinski definition) is 1. The molecule has 0 saturated carbocycles. The summed E-state index contributed by atoms with van der Waals surface area (Å²) >= 11 is 0. The molecule has 0 heterocycles. The molecule has 0 aromatic carbocycles. The first kappa shape index (κ1) is 11.9. The van der Waals surface area contributed by atoms with E-state index in [4.69, 9.17) is 0 Å². The highest BCUT2D eigenvalue weighted by atomic mass is 15.3. The number of rotatable bonds is 6. The molecule has 0 aliphatic rings. The van der Waals surface area contributed by atoms with E-state index in [1.165, 1.54) is 37.0 Å². The minimum absolute atomic E-state index is 1.18. The van der Waals surface area contributed by atoms with Gasteiger partial charge in [0, 0.05) is 0 Å². The Labute approximate surface area is 77.8 Å². The van der Waals surface area contributed by atoms with Crippen molar-refractivity contribution in [1.29, 1.82) is 0 Å². The van der Waals surface area contributed by atoms with Crippen molar-refractivity contribution in [1.82, 2.24) is 0 Å². The van der Waals surface area contributed by atoms with Gasteiger partial charge in [0.15, 0.2) is 0 Å². The second kappa shape index (κ2) is 5.55. The quantitative estimate of drug-likeness (QED) is 0.541. The number of unbranched alkanes of at least 4 members (excludes halogenated alkanes) is 1. The summed E-state index contributed by atoms with van der Waals surface area (Å²) in [5, 5.41) is 0. The molecule has 12 heavy (non-hydrogen) atoms. The highest BCUT2D eigenvalue weighted by molar-refractivity contribution is 4.35. The van der Waals surface area contributed by atoms with Crippen molar-refractivity contribution in [2.75, 3.05) is 47.8 Å². The van der Waals surface area contributed by atoms with E-state index in [1.807, 2.05) is 0 Å². The minimum atomic E-state index is 1.18. The van der Waals surface area contributed by atoms with Crippen LogP contribution in [0, 0.1) is 0 Å². The van der Waals surface area contributed by atoms with E-state index in [9.17, 15) is 0 Å². The van der Waals surface area contributed by atoms with Crippen molar-refractivity contribution in [2.24, 2.45) is 0 Å². The van der Waals surface area contributed by atoms with Gasteiger partial charge in [0.25, 0.3) is 0 Å². The summed E-state index contributed by atoms with van der Waals surface area (Å²) in [5.74, 6) is 0. The smallest absolute Gasteiger partial charge is 0.128 e. The molecule has 0 rings (SSSR count). The van der Waals surface area contributed by atoms with Crippen LogP contribution in [-0.2, 0) is 0 Å². The van der Waals surface area contributed by atoms with E-state index in [0.29, 0.717) is 0 Å². The maximum absolute atomic E-state index is 2.33. The van der Waals surface area contributed by atoms with Gasteiger partial charge in [-0.15, -0.1) is 0 Å². The molecule has 0 saturated heterocycles. The molecule has 0 aromatic rings. The fraction of sp³-hybridized carbons (Fsp3) is 1.00. The van der Waals surface area contributed by atoms with Crippen molar-refractivity contribution in [3.05, 3.63) is 0 Å². The Morgan fingerprint density at radius 2 is 1.67 bits per heavy atom. The lowest BCUT2D eigenvalue weighted by atomic mass is 10.3. The first-order chi connectivity index (χ1) is 5.48. The second-order valence-corrected chi connectivity index (χ2v) is 4.69. The van der Waals surface area contributed by atoms with Crippen LogP contribution < -0.4 is 4.90 Å². The Morgan fingerprint density at radius 1 is 1.08 bits per heavy atom. The Bertz CT molecular complexity index is 108. The van der Waals surface area contributed by atoms with Crippen molar-refractivity contribution in [2.45, 2.75) is 19.8 Å². The van der Waals surface area contributed by atoms with Crippen molar-refractivity contribution in [3.63, 3.8) is 0 Å². The van der Waals surface area contributed by atoms with E-state index in [2.05, 4.69) is 35.1 Å². The SMILES string of the molecule is CCCC[N+](C)(C)CC[NH+](C)C. The largest absolute Gasteiger partial charge is 0.335 e. The van der Waals surface area contributed by atoms with Crippen LogP contribution in [-0.4, -0.2) is 52.3 Å². The van der Waals surface area contributed by atoms with E-state index < -0.39 is 0 Å². The van der Waals surface area contributed by atoms with Gasteiger partial charge in [-0.3, -0.25) is 0 Å². The lowest BCUT2D eigenvalue weighted by molar-refractivity contribution is -0.934. The molecule has 1 N–H and O–H groups in total. The molecule has 0 radical (unpaired) electrons. The molecular weight excluding hydrogens is 148 g/mol. The minimum Gasteiger partial charge on any atom is -0.335 e. The Kier molecular flexibility index (Phi) is 5.51. The van der Waals surface area contributed by atoms with E-state index in [0.717, 1.165) is 0 Å². The van der Waals surface area contributed by atoms with Crippen molar-refractivity contribution >= 4 is 0 Å². The third kappa shape index (κ3) is 6.62. The highest BCUT2D eigenvalue weighted by Gasteiger charge is 2.14. The molecule has 74 valence electrons. The molecule has 0 aliphatic heterocycles. The Morgan fingerprint density at radius 3 is 2.08 bits per heavy atom. The normalized spacial score (nSPS) is 12.5. The van der Waals surface area contributed by atoms with Gasteiger partial charge in [0.1, 0.15) is 13.1 Å². The van der Waals surface area contributed by atoms with E-state index in [-0.39, 0.29) is 0 Å². The highest BCUT2D eigenvalue weighted by Crippen LogP contribution is 1.99. The molecule has 2 nitrogen and oxygen atoms in total. The van der Waals surface area contributed by atoms with Gasteiger partial charge < -0.3 is 9.38 Å². The number of likely N-dealkylation sites (N-methyl/N-ethyl adjacent to an activating group) is 2. The molecule has 0 atom stereocenters. The summed E-state index contributed by atoms with van der Waals surface area (Å²) in [6.45, 7) is 6.15. The molecule has 0 bridgehead atoms. The number of nitrogens with zero attached hydrogens (tertiary/aromatic N) is 1. The fourth-order valence-corrected chi connectivity index (χ4v) is 1.22. The number of nitrogens with one attached hydrogen (secondary N) is 1. The Hall–Kier alpha value is -0.0800. The van der Waals surface area contributed by atoms with Crippen LogP contribution in [0.3, 0.4) is 0 Å². The third-order valence-corrected chi connectivity index (χ3v) is 2.33. The van der Waals surface area contributed by atoms with Crippen LogP contribution in [0.25, 0.3) is 0 Å². The van der Waals surface area contributed by atoms with Crippen LogP contribution in [0.5, 0.6) is 0 Å². The number of hydrogen-bond acceptors (Lipinski definition) is 0. The van der Waals surface area contributed by atoms with Gasteiger partial charge in [-0.05, 0) is 6.42 Å². The van der Waals surface area contributed by atoms with Crippen LogP contribution in [0.1, 0.15) is 19.8 Å². The summed E-state index contributed by atoms with van der Waals surface area (Å²) in [6.07, 6.45) is 2.67. The van der Waals surface area contributed by atoms with Gasteiger partial charge in [-0.1, -0.05) is 13.3 Å². The van der Waals surface area contributed by atoms with E-state index >= 15 is 0 Å². The maximum Gasteiger partial charge on any atom is 0.128 e. The summed E-state index contributed by atoms with van der Waals surface area (Å²) < 4.78 is 1.18. The first-order valence-electron chi connectivity index (χ1n) is 5.09. The monoisotopic (exact) mass is 174 g/mol. The first-order valence-corrected chi connectivity index (χ1v) is 5.09. The van der Waals surface area contributed by atoms with Gasteiger partial charge in [-0.2, -0.15) is 0 Å². The molecule has 0 aliphatic carbocycles. The molecule has 0 amide bonds. The average Bonchev–Trinajstić information content (AvgIpc) is 1.98. The van der Waals surface area contributed by atoms with Crippen LogP contribution >= 0.6 is 0 Å². The molecule has 0 spiro atoms. The molecular formula is C10H26N2+2. The Balaban J connectivity index is 3.56. The topological polar surface area (TPSA) is 4.44 Å². The van der Waals surface area contributed by atoms with Gasteiger partial charge in [-0.25, -0.2) is 0 Å². The lowest BCUT2D eigenvalue weighted by Gasteiger charge is -2.29. The average molecular weight is 174 g/mol. The van der Waals surface area contributed by atoms with Crippen molar-refractivity contribution < 1.29 is 9.38 Å². The molecule has 2 heteroatoms. The van der Waals surface area contributed by atoms with Crippen LogP contribution in [0.4, 0.5) is 0 Å². The zero-order valence-corrected chi connectivity index (χ0v) is 9.48. The summed E-state index contributed by atoms with van der Waals surface area (Å²) in [4.78, 5) is 1.55. The summed E-state index contributed by atoms with van der Waals surface area (Å²) in [6, 6.07) is 0. The van der Waals surface area contributed by atoms with Crippen LogP contribution in [0.15, 0.2) is 0 Å². The van der Waals surface area contributed by atoms with Gasteiger partial charge in [0.2, 0.25) is 0 Å². The zero-order valence-electron chi connectivity index (χ0n) is 9.48. The second-order valence-electron chi connectivity index (χ2n) is 4.69. The zero-order chi connectivity index (χ0) is 9.61. The number of quaternary nitrogens is 2. The predicted molar refractivity (Wildman–Crippen MR) is 54.4 cm³/mol. The fourth-order valence-electron chi connectivity index (χ4n) is 1.22. The van der Waals surface area contributed by atoms with Crippen LogP contribution in [0.2, 0.25) is 0 Å². The molecule has 0 fully saturated rings.